The maximum Gasteiger partial charge on any atom is 0.337 e. The minimum absolute atomic E-state index is 0.0279. The zero-order valence-electron chi connectivity index (χ0n) is 24.7. The van der Waals surface area contributed by atoms with Gasteiger partial charge in [0.05, 0.1) is 22.9 Å². The van der Waals surface area contributed by atoms with Crippen LogP contribution >= 0.6 is 23.4 Å². The standard InChI is InChI=1S/C34H30ClN3O7S/c1-3-30(33(42)37-23-13-15-27(35)26(18-23)34(43)44)46-25-11-7-10-22(17-25)36-32(41)28(38-31(40)20-8-5-4-6-9-20)16-21-12-14-24(39)19-29(21)45-2/h4-19,30,39H,3H2,1-2H3,(H,36,41)(H,37,42)(H,38,40)(H,43,44)/b28-16+. The number of thioether (sulfide) groups is 1. The predicted octanol–water partition coefficient (Wildman–Crippen LogP) is 6.67. The highest BCUT2D eigenvalue weighted by Gasteiger charge is 2.21. The van der Waals surface area contributed by atoms with E-state index in [4.69, 9.17) is 16.3 Å². The number of hydrogen-bond donors (Lipinski definition) is 5. The molecule has 0 heterocycles. The molecule has 4 rings (SSSR count). The number of carboxylic acids is 1. The van der Waals surface area contributed by atoms with Crippen LogP contribution in [0.15, 0.2) is 102 Å². The molecule has 0 radical (unpaired) electrons. The highest BCUT2D eigenvalue weighted by Crippen LogP contribution is 2.30. The van der Waals surface area contributed by atoms with Crippen LogP contribution < -0.4 is 20.7 Å². The molecule has 0 saturated carbocycles. The number of benzene rings is 4. The van der Waals surface area contributed by atoms with Gasteiger partial charge in [0.15, 0.2) is 0 Å². The number of phenolic OH excluding ortho intramolecular Hbond substituents is 1. The first-order valence-corrected chi connectivity index (χ1v) is 15.2. The number of nitrogens with one attached hydrogen (secondary N) is 3. The number of carbonyl (C=O) groups is 4. The van der Waals surface area contributed by atoms with Crippen LogP contribution in [0.1, 0.15) is 39.6 Å². The van der Waals surface area contributed by atoms with Gasteiger partial charge < -0.3 is 30.9 Å². The molecular formula is C34H30ClN3O7S. The van der Waals surface area contributed by atoms with Crippen LogP contribution in [0.5, 0.6) is 11.5 Å². The Balaban J connectivity index is 1.53. The van der Waals surface area contributed by atoms with Gasteiger partial charge in [-0.15, -0.1) is 11.8 Å². The van der Waals surface area contributed by atoms with Gasteiger partial charge in [-0.1, -0.05) is 42.8 Å². The van der Waals surface area contributed by atoms with Crippen LogP contribution in [-0.4, -0.2) is 46.3 Å². The van der Waals surface area contributed by atoms with E-state index >= 15 is 0 Å². The second kappa shape index (κ2) is 15.6. The summed E-state index contributed by atoms with van der Waals surface area (Å²) in [6.07, 6.45) is 1.90. The van der Waals surface area contributed by atoms with Crippen molar-refractivity contribution in [2.45, 2.75) is 23.5 Å². The fourth-order valence-corrected chi connectivity index (χ4v) is 5.45. The Bertz CT molecular complexity index is 1800. The van der Waals surface area contributed by atoms with Gasteiger partial charge >= 0.3 is 5.97 Å². The van der Waals surface area contributed by atoms with E-state index in [2.05, 4.69) is 16.0 Å². The number of anilines is 2. The monoisotopic (exact) mass is 659 g/mol. The fourth-order valence-electron chi connectivity index (χ4n) is 4.24. The van der Waals surface area contributed by atoms with E-state index in [-0.39, 0.29) is 27.9 Å². The van der Waals surface area contributed by atoms with Crippen molar-refractivity contribution < 1.29 is 34.1 Å². The molecule has 0 bridgehead atoms. The Morgan fingerprint density at radius 2 is 1.65 bits per heavy atom. The Labute approximate surface area is 274 Å². The summed E-state index contributed by atoms with van der Waals surface area (Å²) in [6.45, 7) is 1.84. The summed E-state index contributed by atoms with van der Waals surface area (Å²) < 4.78 is 5.34. The van der Waals surface area contributed by atoms with Gasteiger partial charge in [-0.05, 0) is 73.2 Å². The minimum Gasteiger partial charge on any atom is -0.508 e. The molecule has 4 aromatic carbocycles. The van der Waals surface area contributed by atoms with Crippen LogP contribution in [0, 0.1) is 0 Å². The normalized spacial score (nSPS) is 11.7. The van der Waals surface area contributed by atoms with E-state index in [0.29, 0.717) is 39.6 Å². The molecule has 3 amide bonds. The Kier molecular flexibility index (Phi) is 11.4. The minimum atomic E-state index is -1.21. The number of rotatable bonds is 12. The SMILES string of the molecule is CCC(Sc1cccc(NC(=O)/C(=C\c2ccc(O)cc2OC)NC(=O)c2ccccc2)c1)C(=O)Nc1ccc(Cl)c(C(=O)O)c1. The molecule has 236 valence electrons. The molecule has 0 spiro atoms. The fraction of sp³-hybridized carbons (Fsp3) is 0.118. The van der Waals surface area contributed by atoms with Gasteiger partial charge in [-0.25, -0.2) is 4.79 Å². The van der Waals surface area contributed by atoms with E-state index < -0.39 is 23.0 Å². The van der Waals surface area contributed by atoms with Crippen molar-refractivity contribution in [2.75, 3.05) is 17.7 Å². The number of phenols is 1. The summed E-state index contributed by atoms with van der Waals surface area (Å²) in [4.78, 5) is 51.7. The maximum atomic E-state index is 13.5. The summed E-state index contributed by atoms with van der Waals surface area (Å²) in [7, 11) is 1.42. The van der Waals surface area contributed by atoms with Crippen LogP contribution in [-0.2, 0) is 9.59 Å². The third-order valence-corrected chi connectivity index (χ3v) is 8.23. The quantitative estimate of drug-likeness (QED) is 0.0835. The van der Waals surface area contributed by atoms with Crippen molar-refractivity contribution in [1.82, 2.24) is 5.32 Å². The second-order valence-corrected chi connectivity index (χ2v) is 11.5. The molecule has 4 aromatic rings. The van der Waals surface area contributed by atoms with Crippen molar-refractivity contribution in [3.8, 4) is 11.5 Å². The van der Waals surface area contributed by atoms with E-state index in [1.165, 1.54) is 55.3 Å². The lowest BCUT2D eigenvalue weighted by Gasteiger charge is -2.16. The Morgan fingerprint density at radius 1 is 0.913 bits per heavy atom. The van der Waals surface area contributed by atoms with E-state index in [1.807, 2.05) is 6.92 Å². The molecule has 1 unspecified atom stereocenters. The van der Waals surface area contributed by atoms with Crippen molar-refractivity contribution in [2.24, 2.45) is 0 Å². The van der Waals surface area contributed by atoms with E-state index in [0.717, 1.165) is 0 Å². The molecule has 0 aliphatic heterocycles. The molecule has 12 heteroatoms. The molecule has 0 saturated heterocycles. The molecule has 0 aliphatic carbocycles. The summed E-state index contributed by atoms with van der Waals surface area (Å²) in [5.74, 6) is -2.40. The highest BCUT2D eigenvalue weighted by molar-refractivity contribution is 8.00. The smallest absolute Gasteiger partial charge is 0.337 e. The van der Waals surface area contributed by atoms with Crippen molar-refractivity contribution >= 4 is 64.5 Å². The van der Waals surface area contributed by atoms with Gasteiger partial charge in [0.25, 0.3) is 11.8 Å². The molecule has 10 nitrogen and oxygen atoms in total. The number of aromatic hydroxyl groups is 1. The number of carbonyl (C=O) groups excluding carboxylic acids is 3. The van der Waals surface area contributed by atoms with Crippen LogP contribution in [0.25, 0.3) is 6.08 Å². The highest BCUT2D eigenvalue weighted by atomic mass is 35.5. The number of aromatic carboxylic acids is 1. The summed E-state index contributed by atoms with van der Waals surface area (Å²) in [6, 6.07) is 23.9. The van der Waals surface area contributed by atoms with E-state index in [1.54, 1.807) is 60.7 Å². The van der Waals surface area contributed by atoms with Gasteiger partial charge in [0.2, 0.25) is 5.91 Å². The molecule has 0 fully saturated rings. The van der Waals surface area contributed by atoms with Gasteiger partial charge in [0, 0.05) is 33.5 Å². The first kappa shape index (κ1) is 33.6. The Hall–Kier alpha value is -5.26. The second-order valence-electron chi connectivity index (χ2n) is 9.79. The molecule has 5 N–H and O–H groups in total. The lowest BCUT2D eigenvalue weighted by molar-refractivity contribution is -0.116. The van der Waals surface area contributed by atoms with Gasteiger partial charge in [0.1, 0.15) is 17.2 Å². The summed E-state index contributed by atoms with van der Waals surface area (Å²) in [5, 5.41) is 26.9. The first-order chi connectivity index (χ1) is 22.1. The predicted molar refractivity (Wildman–Crippen MR) is 179 cm³/mol. The van der Waals surface area contributed by atoms with Crippen molar-refractivity contribution in [3.05, 3.63) is 118 Å². The number of amides is 3. The Morgan fingerprint density at radius 3 is 2.35 bits per heavy atom. The molecular weight excluding hydrogens is 630 g/mol. The summed E-state index contributed by atoms with van der Waals surface area (Å²) >= 11 is 7.21. The third-order valence-electron chi connectivity index (χ3n) is 6.54. The third kappa shape index (κ3) is 8.90. The van der Waals surface area contributed by atoms with Crippen molar-refractivity contribution in [1.29, 1.82) is 0 Å². The van der Waals surface area contributed by atoms with Crippen LogP contribution in [0.3, 0.4) is 0 Å². The number of halogens is 1. The largest absolute Gasteiger partial charge is 0.508 e. The number of carboxylic acid groups (broad SMARTS) is 1. The van der Waals surface area contributed by atoms with Gasteiger partial charge in [-0.3, -0.25) is 14.4 Å². The first-order valence-electron chi connectivity index (χ1n) is 13.9. The van der Waals surface area contributed by atoms with Crippen LogP contribution in [0.2, 0.25) is 5.02 Å². The lowest BCUT2D eigenvalue weighted by atomic mass is 10.1. The van der Waals surface area contributed by atoms with Crippen LogP contribution in [0.4, 0.5) is 11.4 Å². The number of ether oxygens (including phenoxy) is 1. The van der Waals surface area contributed by atoms with Gasteiger partial charge in [-0.2, -0.15) is 0 Å². The maximum absolute atomic E-state index is 13.5. The average Bonchev–Trinajstić information content (AvgIpc) is 3.05. The van der Waals surface area contributed by atoms with Crippen molar-refractivity contribution in [3.63, 3.8) is 0 Å². The molecule has 0 aromatic heterocycles. The zero-order chi connectivity index (χ0) is 33.2. The summed E-state index contributed by atoms with van der Waals surface area (Å²) in [5.41, 5.74) is 1.29. The topological polar surface area (TPSA) is 154 Å². The average molecular weight is 660 g/mol. The molecule has 1 atom stereocenters. The number of methoxy groups -OCH3 is 1. The molecule has 46 heavy (non-hydrogen) atoms. The zero-order valence-corrected chi connectivity index (χ0v) is 26.3. The number of hydrogen-bond acceptors (Lipinski definition) is 7. The lowest BCUT2D eigenvalue weighted by Crippen LogP contribution is -2.30. The molecule has 0 aliphatic rings. The van der Waals surface area contributed by atoms with E-state index in [9.17, 15) is 29.4 Å².